The minimum Gasteiger partial charge on any atom is -0.495 e. The van der Waals surface area contributed by atoms with Gasteiger partial charge < -0.3 is 40.9 Å². The Morgan fingerprint density at radius 2 is 1.77 bits per heavy atom. The predicted octanol–water partition coefficient (Wildman–Crippen LogP) is 6.84. The Labute approximate surface area is 426 Å². The number of nitrogens with one attached hydrogen (secondary N) is 4. The number of likely N-dealkylation sites (tertiary alicyclic amines) is 1. The number of amides is 4. The molecule has 2 aromatic heterocycles. The number of piperazine rings is 1. The van der Waals surface area contributed by atoms with E-state index in [0.717, 1.165) is 55.9 Å². The number of anilines is 3. The van der Waals surface area contributed by atoms with E-state index in [2.05, 4.69) is 41.1 Å². The van der Waals surface area contributed by atoms with E-state index in [1.165, 1.54) is 28.5 Å². The van der Waals surface area contributed by atoms with Crippen molar-refractivity contribution in [3.63, 3.8) is 0 Å². The lowest BCUT2D eigenvalue weighted by Gasteiger charge is -2.40. The van der Waals surface area contributed by atoms with Crippen molar-refractivity contribution < 1.29 is 37.8 Å². The lowest BCUT2D eigenvalue weighted by atomic mass is 9.82. The minimum atomic E-state index is -2.04. The van der Waals surface area contributed by atoms with E-state index in [1.54, 1.807) is 61.8 Å². The molecule has 2 aliphatic heterocycles. The average Bonchev–Trinajstić information content (AvgIpc) is 3.77. The number of benzene rings is 2. The van der Waals surface area contributed by atoms with Gasteiger partial charge in [0.05, 0.1) is 41.2 Å². The summed E-state index contributed by atoms with van der Waals surface area (Å²) in [5.74, 6) is 0.336. The van der Waals surface area contributed by atoms with Crippen molar-refractivity contribution in [2.75, 3.05) is 69.8 Å². The minimum absolute atomic E-state index is 0.0354. The Hall–Kier alpha value is -5.15. The molecular formula is C50H63ClF2N10O6S2. The van der Waals surface area contributed by atoms with Gasteiger partial charge in [-0.1, -0.05) is 23.7 Å². The molecule has 2 saturated carbocycles. The van der Waals surface area contributed by atoms with Crippen LogP contribution in [0.25, 0.3) is 10.4 Å². The summed E-state index contributed by atoms with van der Waals surface area (Å²) in [4.78, 5) is 74.4. The normalized spacial score (nSPS) is 21.6. The van der Waals surface area contributed by atoms with Crippen LogP contribution in [-0.4, -0.2) is 146 Å². The van der Waals surface area contributed by atoms with E-state index in [9.17, 15) is 24.3 Å². The number of thiazole rings is 1. The number of aryl methyl sites for hydroxylation is 1. The van der Waals surface area contributed by atoms with Crippen molar-refractivity contribution in [2.24, 2.45) is 11.8 Å². The number of nitrogens with zero attached hydrogens (tertiary/aromatic N) is 6. The molecule has 16 nitrogen and oxygen atoms in total. The highest BCUT2D eigenvalue weighted by atomic mass is 35.5. The number of rotatable bonds is 18. The largest absolute Gasteiger partial charge is 0.495 e. The van der Waals surface area contributed by atoms with Crippen molar-refractivity contribution >= 4 is 75.8 Å². The van der Waals surface area contributed by atoms with Gasteiger partial charge in [0.2, 0.25) is 17.8 Å². The van der Waals surface area contributed by atoms with Crippen LogP contribution in [0, 0.1) is 24.6 Å². The molecule has 4 heterocycles. The van der Waals surface area contributed by atoms with Crippen LogP contribution in [0.1, 0.15) is 80.4 Å². The second kappa shape index (κ2) is 22.3. The van der Waals surface area contributed by atoms with Gasteiger partial charge in [0.15, 0.2) is 5.67 Å². The van der Waals surface area contributed by atoms with Crippen LogP contribution in [0.2, 0.25) is 5.02 Å². The van der Waals surface area contributed by atoms with Gasteiger partial charge in [0.1, 0.15) is 34.5 Å². The molecule has 2 aromatic carbocycles. The fourth-order valence-corrected chi connectivity index (χ4v) is 12.0. The van der Waals surface area contributed by atoms with E-state index in [4.69, 9.17) is 16.3 Å². The molecule has 382 valence electrons. The van der Waals surface area contributed by atoms with Crippen LogP contribution in [-0.2, 0) is 20.9 Å². The zero-order valence-electron chi connectivity index (χ0n) is 40.7. The number of aromatic nitrogens is 3. The number of ether oxygens (including phenoxy) is 1. The fourth-order valence-electron chi connectivity index (χ4n) is 9.64. The molecule has 3 atom stereocenters. The number of halogens is 3. The molecule has 4 amide bonds. The van der Waals surface area contributed by atoms with Crippen LogP contribution >= 0.6 is 34.7 Å². The average molecular weight is 1040 g/mol. The number of aliphatic hydroxyl groups is 1. The standard InChI is InChI=1S/C50H63ClF2N10O6S2/c1-29-41(70-28-57-29)32-10-11-34(37(52)20-32)23-55-44(65)39-22-35(64)26-63(39)46(67)42(59-47(68)50(53)14-15-50)49(2,3)71-27-31-8-6-30(7-9-31)25-61-16-18-62(19-17-61)45(66)33-12-13-38(40(21-33)69-5)58-48-56-24-36(51)43(54-4)60-48/h10-13,20-21,24,28,30-31,35,39,42,64H,6-9,14-19,22-23,25-27H2,1-5H3,(H,55,65)(H,59,68)(H2,54,56,58,60)/t30?,31?,35-,39+,42?/m1/s1. The van der Waals surface area contributed by atoms with Gasteiger partial charge in [-0.15, -0.1) is 11.3 Å². The summed E-state index contributed by atoms with van der Waals surface area (Å²) in [6, 6.07) is 7.78. The zero-order valence-corrected chi connectivity index (χ0v) is 43.1. The van der Waals surface area contributed by atoms with Gasteiger partial charge >= 0.3 is 0 Å². The summed E-state index contributed by atoms with van der Waals surface area (Å²) in [6.45, 7) is 9.00. The molecule has 4 aliphatic rings. The smallest absolute Gasteiger partial charge is 0.258 e. The molecule has 1 unspecified atom stereocenters. The number of hydrogen-bond acceptors (Lipinski definition) is 14. The molecule has 2 aliphatic carbocycles. The monoisotopic (exact) mass is 1040 g/mol. The summed E-state index contributed by atoms with van der Waals surface area (Å²) in [5, 5.41) is 22.7. The molecular weight excluding hydrogens is 974 g/mol. The van der Waals surface area contributed by atoms with E-state index in [-0.39, 0.29) is 43.8 Å². The van der Waals surface area contributed by atoms with E-state index in [0.29, 0.717) is 70.0 Å². The second-order valence-corrected chi connectivity index (χ2v) is 22.6. The maximum Gasteiger partial charge on any atom is 0.258 e. The molecule has 5 N–H and O–H groups in total. The number of hydrogen-bond donors (Lipinski definition) is 5. The molecule has 8 rings (SSSR count). The zero-order chi connectivity index (χ0) is 50.6. The van der Waals surface area contributed by atoms with E-state index >= 15 is 8.78 Å². The predicted molar refractivity (Wildman–Crippen MR) is 272 cm³/mol. The Balaban J connectivity index is 0.814. The highest BCUT2D eigenvalue weighted by molar-refractivity contribution is 8.00. The van der Waals surface area contributed by atoms with Crippen LogP contribution < -0.4 is 26.0 Å². The van der Waals surface area contributed by atoms with Gasteiger partial charge in [0, 0.05) is 75.2 Å². The van der Waals surface area contributed by atoms with Crippen molar-refractivity contribution in [1.82, 2.24) is 40.3 Å². The maximum absolute atomic E-state index is 15.2. The molecule has 0 bridgehead atoms. The summed E-state index contributed by atoms with van der Waals surface area (Å²) >= 11 is 9.10. The molecule has 71 heavy (non-hydrogen) atoms. The quantitative estimate of drug-likeness (QED) is 0.0697. The SMILES string of the molecule is CNc1nc(Nc2ccc(C(=O)N3CCN(CC4CCC(CSC(C)(C)C(NC(=O)C5(F)CC5)C(=O)N5C[C@H](O)C[C@H]5C(=O)NCc5ccc(-c6scnc6C)cc5F)CC4)CC3)cc2OC)ncc1Cl. The first-order valence-corrected chi connectivity index (χ1v) is 26.5. The van der Waals surface area contributed by atoms with Gasteiger partial charge in [-0.3, -0.25) is 24.1 Å². The molecule has 4 fully saturated rings. The van der Waals surface area contributed by atoms with Crippen LogP contribution in [0.3, 0.4) is 0 Å². The number of carbonyl (C=O) groups is 4. The van der Waals surface area contributed by atoms with Crippen molar-refractivity contribution in [2.45, 2.75) is 101 Å². The Morgan fingerprint density at radius 1 is 1.04 bits per heavy atom. The maximum atomic E-state index is 15.2. The Bertz CT molecular complexity index is 2590. The lowest BCUT2D eigenvalue weighted by Crippen LogP contribution is -2.61. The van der Waals surface area contributed by atoms with Crippen LogP contribution in [0.15, 0.2) is 48.1 Å². The summed E-state index contributed by atoms with van der Waals surface area (Å²) < 4.78 is 35.1. The molecule has 21 heteroatoms. The van der Waals surface area contributed by atoms with Crippen molar-refractivity contribution in [3.8, 4) is 16.2 Å². The first kappa shape index (κ1) is 52.2. The fraction of sp³-hybridized carbons (Fsp3) is 0.540. The van der Waals surface area contributed by atoms with Gasteiger partial charge in [-0.2, -0.15) is 16.7 Å². The Kier molecular flexibility index (Phi) is 16.4. The van der Waals surface area contributed by atoms with Crippen LogP contribution in [0.4, 0.5) is 26.2 Å². The summed E-state index contributed by atoms with van der Waals surface area (Å²) in [5.41, 5.74) is 2.53. The highest BCUT2D eigenvalue weighted by Gasteiger charge is 2.54. The number of thioether (sulfide) groups is 1. The van der Waals surface area contributed by atoms with Gasteiger partial charge in [-0.25, -0.2) is 18.7 Å². The van der Waals surface area contributed by atoms with Crippen LogP contribution in [0.5, 0.6) is 5.75 Å². The van der Waals surface area contributed by atoms with Crippen molar-refractivity contribution in [1.29, 1.82) is 0 Å². The number of carbonyl (C=O) groups excluding carboxylic acids is 4. The number of aliphatic hydroxyl groups excluding tert-OH is 1. The summed E-state index contributed by atoms with van der Waals surface area (Å²) in [7, 11) is 3.26. The van der Waals surface area contributed by atoms with Crippen molar-refractivity contribution in [3.05, 3.63) is 75.8 Å². The second-order valence-electron chi connectivity index (χ2n) is 19.6. The van der Waals surface area contributed by atoms with E-state index in [1.807, 2.05) is 25.7 Å². The Morgan fingerprint density at radius 3 is 2.44 bits per heavy atom. The number of β-amino-alcohol motifs (C(OH)–C–C–N with tert-alkyl or cyclic N) is 1. The first-order valence-electron chi connectivity index (χ1n) is 24.2. The molecule has 0 radical (unpaired) electrons. The highest BCUT2D eigenvalue weighted by Crippen LogP contribution is 2.42. The van der Waals surface area contributed by atoms with Gasteiger partial charge in [0.25, 0.3) is 11.8 Å². The number of alkyl halides is 1. The van der Waals surface area contributed by atoms with Gasteiger partial charge in [-0.05, 0) is 107 Å². The molecule has 2 saturated heterocycles. The number of methoxy groups -OCH3 is 1. The third-order valence-electron chi connectivity index (χ3n) is 14.2. The molecule has 4 aromatic rings. The lowest BCUT2D eigenvalue weighted by molar-refractivity contribution is -0.143. The topological polar surface area (TPSA) is 194 Å². The summed E-state index contributed by atoms with van der Waals surface area (Å²) in [6.07, 6.45) is 4.67. The third-order valence-corrected chi connectivity index (χ3v) is 17.1. The first-order chi connectivity index (χ1) is 33.9. The molecule has 0 spiro atoms. The third kappa shape index (κ3) is 12.4. The van der Waals surface area contributed by atoms with E-state index < -0.39 is 52.1 Å².